The van der Waals surface area contributed by atoms with Crippen LogP contribution < -0.4 is 5.32 Å². The molecule has 1 aliphatic heterocycles. The van der Waals surface area contributed by atoms with Crippen LogP contribution in [0, 0.1) is 13.8 Å². The van der Waals surface area contributed by atoms with Gasteiger partial charge in [0.2, 0.25) is 0 Å². The number of rotatable bonds is 3. The largest absolute Gasteiger partial charge is 0.325 e. The number of nitrogens with one attached hydrogen (secondary N) is 1. The Morgan fingerprint density at radius 3 is 2.26 bits per heavy atom. The minimum absolute atomic E-state index is 0.0481. The molecule has 2 heterocycles. The average molecular weight is 365 g/mol. The van der Waals surface area contributed by atoms with Crippen LogP contribution in [0.1, 0.15) is 55.6 Å². The number of benzene rings is 1. The van der Waals surface area contributed by atoms with Gasteiger partial charge < -0.3 is 5.32 Å². The van der Waals surface area contributed by atoms with Crippen molar-refractivity contribution in [2.45, 2.75) is 59.0 Å². The average Bonchev–Trinajstić information content (AvgIpc) is 2.81. The second-order valence-electron chi connectivity index (χ2n) is 8.50. The third kappa shape index (κ3) is 3.34. The van der Waals surface area contributed by atoms with Crippen molar-refractivity contribution in [2.75, 3.05) is 0 Å². The summed E-state index contributed by atoms with van der Waals surface area (Å²) < 4.78 is 0. The van der Waals surface area contributed by atoms with Crippen molar-refractivity contribution in [2.24, 2.45) is 0 Å². The van der Waals surface area contributed by atoms with E-state index in [1.54, 1.807) is 25.3 Å². The van der Waals surface area contributed by atoms with Crippen LogP contribution in [0.25, 0.3) is 0 Å². The van der Waals surface area contributed by atoms with Crippen LogP contribution >= 0.6 is 0 Å². The Kier molecular flexibility index (Phi) is 4.58. The highest BCUT2D eigenvalue weighted by Gasteiger charge is 2.50. The highest BCUT2D eigenvalue weighted by Crippen LogP contribution is 2.31. The minimum Gasteiger partial charge on any atom is -0.318 e. The first-order chi connectivity index (χ1) is 12.5. The van der Waals surface area contributed by atoms with E-state index < -0.39 is 5.54 Å². The number of aryl methyl sites for hydroxylation is 2. The van der Waals surface area contributed by atoms with Crippen molar-refractivity contribution in [3.8, 4) is 0 Å². The quantitative estimate of drug-likeness (QED) is 0.838. The Labute approximate surface area is 160 Å². The maximum atomic E-state index is 13.1. The fraction of sp³-hybridized carbons (Fsp3) is 0.409. The molecule has 142 valence electrons. The number of hydrogen-bond donors (Lipinski definition) is 1. The van der Waals surface area contributed by atoms with Gasteiger partial charge in [0.1, 0.15) is 0 Å². The van der Waals surface area contributed by atoms with Gasteiger partial charge in [-0.05, 0) is 60.6 Å². The van der Waals surface area contributed by atoms with Gasteiger partial charge in [0.15, 0.2) is 5.54 Å². The van der Waals surface area contributed by atoms with Crippen LogP contribution in [0.15, 0.2) is 36.5 Å². The molecule has 0 saturated carbocycles. The third-order valence-corrected chi connectivity index (χ3v) is 5.33. The van der Waals surface area contributed by atoms with Crippen LogP contribution in [0.3, 0.4) is 0 Å². The summed E-state index contributed by atoms with van der Waals surface area (Å²) in [6.45, 7) is 12.6. The number of aromatic nitrogens is 1. The van der Waals surface area contributed by atoms with E-state index >= 15 is 0 Å². The van der Waals surface area contributed by atoms with E-state index in [0.29, 0.717) is 5.69 Å². The van der Waals surface area contributed by atoms with Crippen LogP contribution in [0.2, 0.25) is 0 Å². The Balaban J connectivity index is 1.93. The van der Waals surface area contributed by atoms with Gasteiger partial charge in [-0.1, -0.05) is 39.0 Å². The third-order valence-electron chi connectivity index (χ3n) is 5.33. The first-order valence-corrected chi connectivity index (χ1v) is 9.20. The fourth-order valence-corrected chi connectivity index (χ4v) is 3.51. The van der Waals surface area contributed by atoms with Crippen LogP contribution in [0.4, 0.5) is 4.79 Å². The molecule has 0 aliphatic carbocycles. The normalized spacial score (nSPS) is 20.1. The highest BCUT2D eigenvalue weighted by atomic mass is 16.2. The van der Waals surface area contributed by atoms with Crippen molar-refractivity contribution >= 4 is 11.9 Å². The predicted molar refractivity (Wildman–Crippen MR) is 105 cm³/mol. The van der Waals surface area contributed by atoms with Crippen LogP contribution in [-0.4, -0.2) is 21.8 Å². The molecule has 1 N–H and O–H groups in total. The molecule has 0 unspecified atom stereocenters. The second kappa shape index (κ2) is 6.48. The smallest absolute Gasteiger partial charge is 0.318 e. The molecule has 5 heteroatoms. The van der Waals surface area contributed by atoms with Crippen molar-refractivity contribution in [3.05, 3.63) is 64.5 Å². The molecular weight excluding hydrogens is 338 g/mol. The van der Waals surface area contributed by atoms with Gasteiger partial charge in [-0.2, -0.15) is 0 Å². The van der Waals surface area contributed by atoms with Crippen molar-refractivity contribution in [3.63, 3.8) is 0 Å². The number of urea groups is 1. The molecular formula is C22H27N3O2. The van der Waals surface area contributed by atoms with E-state index in [4.69, 9.17) is 0 Å². The minimum atomic E-state index is -1.13. The summed E-state index contributed by atoms with van der Waals surface area (Å²) in [7, 11) is 0. The van der Waals surface area contributed by atoms with Crippen molar-refractivity contribution in [1.82, 2.24) is 15.2 Å². The maximum absolute atomic E-state index is 13.1. The number of carbonyl (C=O) groups excluding carboxylic acids is 2. The van der Waals surface area contributed by atoms with E-state index in [-0.39, 0.29) is 23.9 Å². The summed E-state index contributed by atoms with van der Waals surface area (Å²) in [6, 6.07) is 9.28. The Bertz CT molecular complexity index is 877. The fourth-order valence-electron chi connectivity index (χ4n) is 3.51. The molecule has 0 spiro atoms. The zero-order valence-electron chi connectivity index (χ0n) is 16.9. The van der Waals surface area contributed by atoms with Gasteiger partial charge in [-0.3, -0.25) is 14.7 Å². The van der Waals surface area contributed by atoms with E-state index in [1.807, 2.05) is 19.9 Å². The molecule has 5 nitrogen and oxygen atoms in total. The molecule has 2 aromatic rings. The van der Waals surface area contributed by atoms with Gasteiger partial charge in [0.25, 0.3) is 5.91 Å². The summed E-state index contributed by atoms with van der Waals surface area (Å²) in [5.74, 6) is -0.273. The number of amides is 3. The lowest BCUT2D eigenvalue weighted by Gasteiger charge is -2.24. The summed E-state index contributed by atoms with van der Waals surface area (Å²) in [4.78, 5) is 31.2. The predicted octanol–water partition coefficient (Wildman–Crippen LogP) is 3.96. The molecule has 1 aliphatic rings. The van der Waals surface area contributed by atoms with Crippen molar-refractivity contribution < 1.29 is 9.59 Å². The summed E-state index contributed by atoms with van der Waals surface area (Å²) in [6.07, 6.45) is 1.63. The molecule has 1 atom stereocenters. The summed E-state index contributed by atoms with van der Waals surface area (Å²) >= 11 is 0. The monoisotopic (exact) mass is 365 g/mol. The summed E-state index contributed by atoms with van der Waals surface area (Å²) in [5.41, 5.74) is 3.90. The topological polar surface area (TPSA) is 62.3 Å². The van der Waals surface area contributed by atoms with Gasteiger partial charge in [-0.25, -0.2) is 4.79 Å². The first kappa shape index (κ1) is 19.1. The van der Waals surface area contributed by atoms with Gasteiger partial charge in [0, 0.05) is 6.20 Å². The Morgan fingerprint density at radius 2 is 1.74 bits per heavy atom. The Morgan fingerprint density at radius 1 is 1.11 bits per heavy atom. The molecule has 3 rings (SSSR count). The number of imide groups is 1. The van der Waals surface area contributed by atoms with Crippen LogP contribution in [-0.2, 0) is 22.3 Å². The van der Waals surface area contributed by atoms with E-state index in [2.05, 4.69) is 43.2 Å². The lowest BCUT2D eigenvalue weighted by Crippen LogP contribution is -2.41. The molecule has 3 amide bonds. The van der Waals surface area contributed by atoms with Crippen molar-refractivity contribution in [1.29, 1.82) is 0 Å². The molecule has 1 aromatic carbocycles. The van der Waals surface area contributed by atoms with Gasteiger partial charge >= 0.3 is 6.03 Å². The molecule has 1 saturated heterocycles. The molecule has 1 fully saturated rings. The number of carbonyl (C=O) groups is 2. The molecule has 1 aromatic heterocycles. The first-order valence-electron chi connectivity index (χ1n) is 9.20. The Hall–Kier alpha value is -2.69. The lowest BCUT2D eigenvalue weighted by molar-refractivity contribution is -0.131. The number of pyridine rings is 1. The summed E-state index contributed by atoms with van der Waals surface area (Å²) in [5, 5.41) is 2.82. The SMILES string of the molecule is Cc1cc(C(C)(C)C)cc(C)c1CN1C(=O)N[C@](C)(c2ccccn2)C1=O. The van der Waals surface area contributed by atoms with E-state index in [0.717, 1.165) is 16.7 Å². The van der Waals surface area contributed by atoms with E-state index in [9.17, 15) is 9.59 Å². The molecule has 0 bridgehead atoms. The van der Waals surface area contributed by atoms with Gasteiger partial charge in [0.05, 0.1) is 12.2 Å². The van der Waals surface area contributed by atoms with E-state index in [1.165, 1.54) is 10.5 Å². The standard InChI is InChI=1S/C22H27N3O2/c1-14-11-16(21(3,4)5)12-15(2)17(14)13-25-19(26)22(6,24-20(25)27)18-9-7-8-10-23-18/h7-12H,13H2,1-6H3,(H,24,27)/t22-/m1/s1. The zero-order valence-corrected chi connectivity index (χ0v) is 16.9. The van der Waals surface area contributed by atoms with Crippen LogP contribution in [0.5, 0.6) is 0 Å². The lowest BCUT2D eigenvalue weighted by atomic mass is 9.83. The molecule has 27 heavy (non-hydrogen) atoms. The molecule has 0 radical (unpaired) electrons. The number of hydrogen-bond acceptors (Lipinski definition) is 3. The van der Waals surface area contributed by atoms with Gasteiger partial charge in [-0.15, -0.1) is 0 Å². The maximum Gasteiger partial charge on any atom is 0.325 e. The second-order valence-corrected chi connectivity index (χ2v) is 8.50. The number of nitrogens with zero attached hydrogens (tertiary/aromatic N) is 2. The highest BCUT2D eigenvalue weighted by molar-refractivity contribution is 6.06. The zero-order chi connectivity index (χ0) is 20.0.